The summed E-state index contributed by atoms with van der Waals surface area (Å²) in [6.45, 7) is 4.20. The summed E-state index contributed by atoms with van der Waals surface area (Å²) in [5, 5.41) is 9.45. The summed E-state index contributed by atoms with van der Waals surface area (Å²) in [6.07, 6.45) is 1.56. The molecule has 0 aromatic heterocycles. The third-order valence-corrected chi connectivity index (χ3v) is 4.19. The number of hydrogen-bond acceptors (Lipinski definition) is 4. The van der Waals surface area contributed by atoms with E-state index in [1.807, 2.05) is 32.0 Å². The summed E-state index contributed by atoms with van der Waals surface area (Å²) in [5.74, 6) is 0.819. The Morgan fingerprint density at radius 2 is 2.04 bits per heavy atom. The molecule has 0 atom stereocenters. The van der Waals surface area contributed by atoms with E-state index in [2.05, 4.69) is 15.9 Å². The number of hydrogen-bond donors (Lipinski definition) is 0. The number of methoxy groups -OCH3 is 1. The molecule has 0 heterocycles. The fraction of sp³-hybridized carbons (Fsp3) is 0.200. The number of nitriles is 1. The van der Waals surface area contributed by atoms with Crippen molar-refractivity contribution in [2.75, 3.05) is 13.7 Å². The lowest BCUT2D eigenvalue weighted by Gasteiger charge is -2.12. The van der Waals surface area contributed by atoms with Gasteiger partial charge >= 0.3 is 0 Å². The van der Waals surface area contributed by atoms with E-state index in [1.54, 1.807) is 37.5 Å². The molecule has 4 nitrogen and oxygen atoms in total. The summed E-state index contributed by atoms with van der Waals surface area (Å²) >= 11 is 3.43. The summed E-state index contributed by atoms with van der Waals surface area (Å²) in [5.41, 5.74) is 2.09. The van der Waals surface area contributed by atoms with Crippen LogP contribution >= 0.6 is 15.9 Å². The van der Waals surface area contributed by atoms with Crippen LogP contribution in [0.5, 0.6) is 11.5 Å². The number of nitrogens with zero attached hydrogens (tertiary/aromatic N) is 1. The molecular formula is C20H18BrNO3. The fourth-order valence-corrected chi connectivity index (χ4v) is 3.04. The molecule has 2 aromatic carbocycles. The van der Waals surface area contributed by atoms with Crippen LogP contribution in [0.1, 0.15) is 28.4 Å². The van der Waals surface area contributed by atoms with Crippen LogP contribution in [0.2, 0.25) is 0 Å². The summed E-state index contributed by atoms with van der Waals surface area (Å²) in [6, 6.07) is 12.7. The molecule has 0 aliphatic rings. The number of benzene rings is 2. The van der Waals surface area contributed by atoms with E-state index in [4.69, 9.17) is 9.47 Å². The third-order valence-electron chi connectivity index (χ3n) is 3.60. The number of Topliss-reactive ketones (excluding diaryl/α,β-unsaturated/α-hetero) is 1. The zero-order chi connectivity index (χ0) is 18.4. The second-order valence-electron chi connectivity index (χ2n) is 5.28. The minimum absolute atomic E-state index is 0.0637. The number of rotatable bonds is 6. The molecule has 0 spiro atoms. The Morgan fingerprint density at radius 1 is 1.32 bits per heavy atom. The van der Waals surface area contributed by atoms with Crippen molar-refractivity contribution in [3.8, 4) is 17.6 Å². The van der Waals surface area contributed by atoms with E-state index >= 15 is 0 Å². The van der Waals surface area contributed by atoms with Gasteiger partial charge in [0.15, 0.2) is 11.5 Å². The van der Waals surface area contributed by atoms with E-state index in [1.165, 1.54) is 0 Å². The maximum Gasteiger partial charge on any atom is 0.203 e. The van der Waals surface area contributed by atoms with E-state index in [-0.39, 0.29) is 11.4 Å². The highest BCUT2D eigenvalue weighted by Gasteiger charge is 2.16. The number of ether oxygens (including phenoxy) is 2. The van der Waals surface area contributed by atoms with Gasteiger partial charge in [-0.1, -0.05) is 24.3 Å². The largest absolute Gasteiger partial charge is 0.492 e. The third kappa shape index (κ3) is 4.28. The molecule has 0 bridgehead atoms. The van der Waals surface area contributed by atoms with Crippen molar-refractivity contribution in [2.24, 2.45) is 0 Å². The van der Waals surface area contributed by atoms with Crippen molar-refractivity contribution in [1.82, 2.24) is 0 Å². The SMILES string of the molecule is CCOc1cc(/C=C(\C#N)C(=O)c2ccccc2C)cc(Br)c1OC. The summed E-state index contributed by atoms with van der Waals surface area (Å²) < 4.78 is 11.6. The molecule has 0 saturated heterocycles. The Labute approximate surface area is 155 Å². The van der Waals surface area contributed by atoms with Crippen molar-refractivity contribution in [3.05, 3.63) is 63.1 Å². The van der Waals surface area contributed by atoms with Crippen LogP contribution in [-0.4, -0.2) is 19.5 Å². The topological polar surface area (TPSA) is 59.3 Å². The van der Waals surface area contributed by atoms with Crippen LogP contribution in [0.25, 0.3) is 6.08 Å². The molecule has 5 heteroatoms. The smallest absolute Gasteiger partial charge is 0.203 e. The molecule has 0 radical (unpaired) electrons. The van der Waals surface area contributed by atoms with Gasteiger partial charge < -0.3 is 9.47 Å². The zero-order valence-electron chi connectivity index (χ0n) is 14.3. The highest BCUT2D eigenvalue weighted by atomic mass is 79.9. The lowest BCUT2D eigenvalue weighted by atomic mass is 9.98. The Morgan fingerprint density at radius 3 is 2.64 bits per heavy atom. The number of carbonyl (C=O) groups excluding carboxylic acids is 1. The van der Waals surface area contributed by atoms with E-state index in [0.29, 0.717) is 33.7 Å². The molecule has 128 valence electrons. The zero-order valence-corrected chi connectivity index (χ0v) is 15.9. The molecule has 2 aromatic rings. The first-order chi connectivity index (χ1) is 12.0. The summed E-state index contributed by atoms with van der Waals surface area (Å²) in [7, 11) is 1.56. The first-order valence-electron chi connectivity index (χ1n) is 7.74. The second-order valence-corrected chi connectivity index (χ2v) is 6.14. The fourth-order valence-electron chi connectivity index (χ4n) is 2.42. The van der Waals surface area contributed by atoms with E-state index in [9.17, 15) is 10.1 Å². The number of allylic oxidation sites excluding steroid dienone is 1. The van der Waals surface area contributed by atoms with Crippen LogP contribution in [0.15, 0.2) is 46.4 Å². The van der Waals surface area contributed by atoms with Crippen LogP contribution < -0.4 is 9.47 Å². The molecule has 2 rings (SSSR count). The van der Waals surface area contributed by atoms with Gasteiger partial charge in [-0.15, -0.1) is 0 Å². The maximum atomic E-state index is 12.7. The molecule has 25 heavy (non-hydrogen) atoms. The van der Waals surface area contributed by atoms with Crippen LogP contribution in [0.3, 0.4) is 0 Å². The first-order valence-corrected chi connectivity index (χ1v) is 8.53. The van der Waals surface area contributed by atoms with Crippen molar-refractivity contribution in [3.63, 3.8) is 0 Å². The van der Waals surface area contributed by atoms with Gasteiger partial charge in [-0.25, -0.2) is 0 Å². The summed E-state index contributed by atoms with van der Waals surface area (Å²) in [4.78, 5) is 12.7. The lowest BCUT2D eigenvalue weighted by molar-refractivity contribution is 0.103. The van der Waals surface area contributed by atoms with Gasteiger partial charge in [0.25, 0.3) is 0 Å². The molecule has 0 aliphatic carbocycles. The standard InChI is InChI=1S/C20H18BrNO3/c1-4-25-18-11-14(10-17(21)20(18)24-3)9-15(12-22)19(23)16-8-6-5-7-13(16)2/h5-11H,4H2,1-3H3/b15-9+. The van der Waals surface area contributed by atoms with Gasteiger partial charge in [0, 0.05) is 5.56 Å². The van der Waals surface area contributed by atoms with Gasteiger partial charge in [-0.2, -0.15) is 5.26 Å². The van der Waals surface area contributed by atoms with Crippen LogP contribution in [-0.2, 0) is 0 Å². The predicted octanol–water partition coefficient (Wildman–Crippen LogP) is 4.95. The number of carbonyl (C=O) groups is 1. The highest BCUT2D eigenvalue weighted by Crippen LogP contribution is 2.37. The van der Waals surface area contributed by atoms with Crippen molar-refractivity contribution in [2.45, 2.75) is 13.8 Å². The average molecular weight is 400 g/mol. The van der Waals surface area contributed by atoms with E-state index < -0.39 is 0 Å². The molecule has 0 unspecified atom stereocenters. The minimum atomic E-state index is -0.300. The van der Waals surface area contributed by atoms with Gasteiger partial charge in [-0.3, -0.25) is 4.79 Å². The predicted molar refractivity (Wildman–Crippen MR) is 101 cm³/mol. The molecule has 0 amide bonds. The van der Waals surface area contributed by atoms with Crippen LogP contribution in [0, 0.1) is 18.3 Å². The number of ketones is 1. The highest BCUT2D eigenvalue weighted by molar-refractivity contribution is 9.10. The lowest BCUT2D eigenvalue weighted by Crippen LogP contribution is -2.04. The van der Waals surface area contributed by atoms with Crippen molar-refractivity contribution in [1.29, 1.82) is 5.26 Å². The van der Waals surface area contributed by atoms with Gasteiger partial charge in [0.2, 0.25) is 5.78 Å². The molecular weight excluding hydrogens is 382 g/mol. The maximum absolute atomic E-state index is 12.7. The normalized spacial score (nSPS) is 10.9. The first kappa shape index (κ1) is 18.8. The van der Waals surface area contributed by atoms with E-state index in [0.717, 1.165) is 5.56 Å². The number of halogens is 1. The molecule has 0 aliphatic heterocycles. The van der Waals surface area contributed by atoms with Gasteiger partial charge in [0.1, 0.15) is 11.6 Å². The Kier molecular flexibility index (Phi) is 6.37. The molecule has 0 N–H and O–H groups in total. The Balaban J connectivity index is 2.48. The quantitative estimate of drug-likeness (QED) is 0.391. The van der Waals surface area contributed by atoms with Crippen molar-refractivity contribution >= 4 is 27.8 Å². The molecule has 0 saturated carbocycles. The molecule has 0 fully saturated rings. The van der Waals surface area contributed by atoms with Gasteiger partial charge in [-0.05, 0) is 59.1 Å². The van der Waals surface area contributed by atoms with Gasteiger partial charge in [0.05, 0.1) is 18.2 Å². The number of aryl methyl sites for hydroxylation is 1. The monoisotopic (exact) mass is 399 g/mol. The average Bonchev–Trinajstić information content (AvgIpc) is 2.59. The Hall–Kier alpha value is -2.58. The Bertz CT molecular complexity index is 866. The minimum Gasteiger partial charge on any atom is -0.492 e. The second kappa shape index (κ2) is 8.50. The van der Waals surface area contributed by atoms with Crippen molar-refractivity contribution < 1.29 is 14.3 Å². The van der Waals surface area contributed by atoms with Crippen LogP contribution in [0.4, 0.5) is 0 Å².